The quantitative estimate of drug-likeness (QED) is 0.615. The molecule has 9 nitrogen and oxygen atoms in total. The Morgan fingerprint density at radius 2 is 2.12 bits per heavy atom. The highest BCUT2D eigenvalue weighted by Gasteiger charge is 2.13. The maximum Gasteiger partial charge on any atom is 0.271 e. The Hall–Kier alpha value is -2.78. The van der Waals surface area contributed by atoms with Crippen molar-refractivity contribution in [3.8, 4) is 5.69 Å². The summed E-state index contributed by atoms with van der Waals surface area (Å²) in [5.74, 6) is -0.266. The average Bonchev–Trinajstić information content (AvgIpc) is 3.13. The summed E-state index contributed by atoms with van der Waals surface area (Å²) in [5.41, 5.74) is 0.777. The fourth-order valence-corrected chi connectivity index (χ4v) is 2.58. The Labute approximate surface area is 144 Å². The molecule has 1 fully saturated rings. The van der Waals surface area contributed by atoms with Crippen molar-refractivity contribution in [3.63, 3.8) is 0 Å². The molecule has 0 spiro atoms. The number of carbonyl (C=O) groups excluding carboxylic acids is 1. The summed E-state index contributed by atoms with van der Waals surface area (Å²) in [6.45, 7) is 4.49. The van der Waals surface area contributed by atoms with E-state index in [-0.39, 0.29) is 17.3 Å². The molecule has 1 aromatic carbocycles. The zero-order chi connectivity index (χ0) is 17.6. The van der Waals surface area contributed by atoms with E-state index in [1.165, 1.54) is 16.8 Å². The molecule has 1 aliphatic rings. The van der Waals surface area contributed by atoms with Crippen LogP contribution in [0.4, 0.5) is 5.69 Å². The van der Waals surface area contributed by atoms with Crippen LogP contribution in [0.3, 0.4) is 0 Å². The van der Waals surface area contributed by atoms with Gasteiger partial charge in [0.2, 0.25) is 0 Å². The number of hydrogen-bond donors (Lipinski definition) is 1. The first-order valence-corrected chi connectivity index (χ1v) is 8.02. The van der Waals surface area contributed by atoms with E-state index in [1.807, 2.05) is 0 Å². The van der Waals surface area contributed by atoms with E-state index in [4.69, 9.17) is 4.74 Å². The lowest BCUT2D eigenvalue weighted by molar-refractivity contribution is -0.384. The van der Waals surface area contributed by atoms with E-state index < -0.39 is 4.92 Å². The molecule has 1 amide bonds. The number of nitrogens with zero attached hydrogens (tertiary/aromatic N) is 4. The van der Waals surface area contributed by atoms with Crippen LogP contribution in [0, 0.1) is 10.1 Å². The molecule has 0 atom stereocenters. The predicted molar refractivity (Wildman–Crippen MR) is 89.8 cm³/mol. The second kappa shape index (κ2) is 7.86. The number of nitrogens with one attached hydrogen (secondary N) is 1. The largest absolute Gasteiger partial charge is 0.379 e. The van der Waals surface area contributed by atoms with E-state index in [2.05, 4.69) is 15.3 Å². The Bertz CT molecular complexity index is 754. The first-order chi connectivity index (χ1) is 12.1. The van der Waals surface area contributed by atoms with E-state index in [1.54, 1.807) is 24.4 Å². The topological polar surface area (TPSA) is 103 Å². The highest BCUT2D eigenvalue weighted by atomic mass is 16.6. The van der Waals surface area contributed by atoms with Gasteiger partial charge in [0.05, 0.1) is 23.8 Å². The van der Waals surface area contributed by atoms with E-state index in [0.29, 0.717) is 12.2 Å². The summed E-state index contributed by atoms with van der Waals surface area (Å²) < 4.78 is 6.73. The highest BCUT2D eigenvalue weighted by Crippen LogP contribution is 2.16. The summed E-state index contributed by atoms with van der Waals surface area (Å²) in [4.78, 5) is 24.8. The van der Waals surface area contributed by atoms with E-state index >= 15 is 0 Å². The molecule has 2 aromatic rings. The lowest BCUT2D eigenvalue weighted by Crippen LogP contribution is -2.41. The molecular weight excluding hydrogens is 326 g/mol. The van der Waals surface area contributed by atoms with Crippen LogP contribution < -0.4 is 5.32 Å². The lowest BCUT2D eigenvalue weighted by atomic mass is 10.3. The number of rotatable bonds is 6. The maximum atomic E-state index is 12.2. The monoisotopic (exact) mass is 345 g/mol. The fraction of sp³-hybridized carbons (Fsp3) is 0.375. The maximum absolute atomic E-state index is 12.2. The Morgan fingerprint density at radius 1 is 1.32 bits per heavy atom. The van der Waals surface area contributed by atoms with Gasteiger partial charge in [-0.15, -0.1) is 0 Å². The molecule has 0 unspecified atom stereocenters. The second-order valence-electron chi connectivity index (χ2n) is 5.63. The van der Waals surface area contributed by atoms with Crippen molar-refractivity contribution in [2.75, 3.05) is 39.4 Å². The Morgan fingerprint density at radius 3 is 2.88 bits per heavy atom. The summed E-state index contributed by atoms with van der Waals surface area (Å²) >= 11 is 0. The van der Waals surface area contributed by atoms with Crippen molar-refractivity contribution >= 4 is 11.6 Å². The number of ether oxygens (including phenoxy) is 1. The number of nitro groups is 1. The van der Waals surface area contributed by atoms with Gasteiger partial charge < -0.3 is 10.1 Å². The van der Waals surface area contributed by atoms with Gasteiger partial charge in [0.15, 0.2) is 5.69 Å². The van der Waals surface area contributed by atoms with Crippen LogP contribution in [-0.4, -0.2) is 64.9 Å². The van der Waals surface area contributed by atoms with Crippen LogP contribution in [0.25, 0.3) is 5.69 Å². The van der Waals surface area contributed by atoms with Crippen molar-refractivity contribution in [1.29, 1.82) is 0 Å². The van der Waals surface area contributed by atoms with Gasteiger partial charge in [0, 0.05) is 44.5 Å². The van der Waals surface area contributed by atoms with Crippen molar-refractivity contribution in [2.24, 2.45) is 0 Å². The minimum Gasteiger partial charge on any atom is -0.379 e. The van der Waals surface area contributed by atoms with Crippen LogP contribution in [0.5, 0.6) is 0 Å². The Balaban J connectivity index is 1.57. The molecule has 0 saturated carbocycles. The van der Waals surface area contributed by atoms with Crippen molar-refractivity contribution in [2.45, 2.75) is 0 Å². The van der Waals surface area contributed by atoms with Gasteiger partial charge in [0.25, 0.3) is 11.6 Å². The zero-order valence-corrected chi connectivity index (χ0v) is 13.6. The fourth-order valence-electron chi connectivity index (χ4n) is 2.58. The van der Waals surface area contributed by atoms with E-state index in [9.17, 15) is 14.9 Å². The smallest absolute Gasteiger partial charge is 0.271 e. The lowest BCUT2D eigenvalue weighted by Gasteiger charge is -2.26. The van der Waals surface area contributed by atoms with Crippen LogP contribution >= 0.6 is 0 Å². The first-order valence-electron chi connectivity index (χ1n) is 8.02. The van der Waals surface area contributed by atoms with Crippen LogP contribution in [-0.2, 0) is 4.74 Å². The third-order valence-corrected chi connectivity index (χ3v) is 3.94. The standard InChI is InChI=1S/C16H19N5O4/c22-16(17-5-7-19-8-10-25-11-9-19)15-4-6-20(18-15)13-2-1-3-14(12-13)21(23)24/h1-4,6,12H,5,7-11H2,(H,17,22). The normalized spacial score (nSPS) is 15.0. The second-order valence-corrected chi connectivity index (χ2v) is 5.63. The van der Waals surface area contributed by atoms with Crippen molar-refractivity contribution < 1.29 is 14.5 Å². The number of aromatic nitrogens is 2. The number of non-ortho nitro benzene ring substituents is 1. The summed E-state index contributed by atoms with van der Waals surface area (Å²) in [6, 6.07) is 7.68. The molecule has 1 aromatic heterocycles. The zero-order valence-electron chi connectivity index (χ0n) is 13.6. The molecule has 0 bridgehead atoms. The van der Waals surface area contributed by atoms with Gasteiger partial charge >= 0.3 is 0 Å². The third-order valence-electron chi connectivity index (χ3n) is 3.94. The number of nitro benzene ring substituents is 1. The molecule has 3 rings (SSSR count). The first kappa shape index (κ1) is 17.1. The molecule has 2 heterocycles. The summed E-state index contributed by atoms with van der Waals surface area (Å²) in [6.07, 6.45) is 1.61. The molecule has 132 valence electrons. The highest BCUT2D eigenvalue weighted by molar-refractivity contribution is 5.92. The summed E-state index contributed by atoms with van der Waals surface area (Å²) in [5, 5.41) is 17.9. The van der Waals surface area contributed by atoms with Gasteiger partial charge in [0.1, 0.15) is 0 Å². The molecule has 0 aliphatic carbocycles. The average molecular weight is 345 g/mol. The molecule has 25 heavy (non-hydrogen) atoms. The van der Waals surface area contributed by atoms with Crippen molar-refractivity contribution in [1.82, 2.24) is 20.0 Å². The van der Waals surface area contributed by atoms with Crippen LogP contribution in [0.2, 0.25) is 0 Å². The number of carbonyl (C=O) groups is 1. The Kier molecular flexibility index (Phi) is 5.36. The number of benzene rings is 1. The number of hydrogen-bond acceptors (Lipinski definition) is 6. The van der Waals surface area contributed by atoms with Gasteiger partial charge in [-0.3, -0.25) is 19.8 Å². The van der Waals surface area contributed by atoms with Gasteiger partial charge in [-0.1, -0.05) is 6.07 Å². The number of morpholine rings is 1. The summed E-state index contributed by atoms with van der Waals surface area (Å²) in [7, 11) is 0. The SMILES string of the molecule is O=C(NCCN1CCOCC1)c1ccn(-c2cccc([N+](=O)[O-])c2)n1. The third kappa shape index (κ3) is 4.40. The molecule has 1 N–H and O–H groups in total. The van der Waals surface area contributed by atoms with Gasteiger partial charge in [-0.2, -0.15) is 5.10 Å². The molecule has 9 heteroatoms. The minimum atomic E-state index is -0.466. The van der Waals surface area contributed by atoms with Gasteiger partial charge in [-0.25, -0.2) is 4.68 Å². The van der Waals surface area contributed by atoms with E-state index in [0.717, 1.165) is 32.8 Å². The van der Waals surface area contributed by atoms with Crippen molar-refractivity contribution in [3.05, 3.63) is 52.3 Å². The molecule has 1 saturated heterocycles. The molecule has 1 aliphatic heterocycles. The molecule has 0 radical (unpaired) electrons. The number of amides is 1. The van der Waals surface area contributed by atoms with Gasteiger partial charge in [-0.05, 0) is 12.1 Å². The predicted octanol–water partition coefficient (Wildman–Crippen LogP) is 0.843. The van der Waals surface area contributed by atoms with Crippen LogP contribution in [0.1, 0.15) is 10.5 Å². The van der Waals surface area contributed by atoms with Crippen LogP contribution in [0.15, 0.2) is 36.5 Å². The minimum absolute atomic E-state index is 0.0236. The molecular formula is C16H19N5O4.